The fourth-order valence-corrected chi connectivity index (χ4v) is 3.68. The third-order valence-corrected chi connectivity index (χ3v) is 5.33. The standard InChI is InChI=1S/C18H6Cl2F10N4O2/c19-9-4-8(15(22,17(25,26)27)16(23,24)18(28,29)30)5-10(20)14(9)33-6-12(31-32-33)7-1-2-11(21)13(3-7)34(35)36/h1-6H. The molecule has 0 aliphatic carbocycles. The van der Waals surface area contributed by atoms with Crippen LogP contribution in [0.4, 0.5) is 49.6 Å². The number of halogens is 12. The predicted octanol–water partition coefficient (Wildman–Crippen LogP) is 7.21. The maximum atomic E-state index is 14.7. The number of hydrogen-bond acceptors (Lipinski definition) is 4. The van der Waals surface area contributed by atoms with Crippen molar-refractivity contribution in [1.82, 2.24) is 15.0 Å². The molecule has 6 nitrogen and oxygen atoms in total. The highest BCUT2D eigenvalue weighted by atomic mass is 35.5. The Labute approximate surface area is 202 Å². The summed E-state index contributed by atoms with van der Waals surface area (Å²) in [6.07, 6.45) is -12.8. The van der Waals surface area contributed by atoms with Crippen molar-refractivity contribution >= 4 is 28.9 Å². The lowest BCUT2D eigenvalue weighted by molar-refractivity contribution is -0.389. The maximum absolute atomic E-state index is 14.7. The van der Waals surface area contributed by atoms with Crippen LogP contribution in [0.25, 0.3) is 16.9 Å². The van der Waals surface area contributed by atoms with Crippen molar-refractivity contribution in [2.24, 2.45) is 0 Å². The molecule has 0 amide bonds. The zero-order valence-corrected chi connectivity index (χ0v) is 18.1. The van der Waals surface area contributed by atoms with Crippen LogP contribution < -0.4 is 0 Å². The van der Waals surface area contributed by atoms with E-state index in [-0.39, 0.29) is 23.4 Å². The van der Waals surface area contributed by atoms with E-state index < -0.39 is 61.7 Å². The Morgan fingerprint density at radius 1 is 0.889 bits per heavy atom. The third-order valence-electron chi connectivity index (χ3n) is 4.76. The van der Waals surface area contributed by atoms with Crippen molar-refractivity contribution in [3.05, 3.63) is 68.1 Å². The lowest BCUT2D eigenvalue weighted by Crippen LogP contribution is -2.59. The van der Waals surface area contributed by atoms with Crippen LogP contribution in [0.2, 0.25) is 10.0 Å². The van der Waals surface area contributed by atoms with Gasteiger partial charge in [0.1, 0.15) is 11.4 Å². The predicted molar refractivity (Wildman–Crippen MR) is 103 cm³/mol. The van der Waals surface area contributed by atoms with Crippen molar-refractivity contribution in [3.8, 4) is 16.9 Å². The first-order chi connectivity index (χ1) is 16.3. The highest BCUT2D eigenvalue weighted by Gasteiger charge is 2.81. The number of nitro benzene ring substituents is 1. The molecule has 0 saturated heterocycles. The zero-order valence-electron chi connectivity index (χ0n) is 16.6. The van der Waals surface area contributed by atoms with E-state index >= 15 is 0 Å². The number of alkyl halides is 9. The van der Waals surface area contributed by atoms with E-state index in [1.807, 2.05) is 0 Å². The summed E-state index contributed by atoms with van der Waals surface area (Å²) >= 11 is 11.5. The second-order valence-electron chi connectivity index (χ2n) is 6.99. The molecular formula is C18H6Cl2F10N4O2. The normalized spacial score (nSPS) is 14.6. The smallest absolute Gasteiger partial charge is 0.258 e. The average Bonchev–Trinajstić information content (AvgIpc) is 3.20. The van der Waals surface area contributed by atoms with E-state index in [2.05, 4.69) is 10.3 Å². The minimum Gasteiger partial charge on any atom is -0.258 e. The van der Waals surface area contributed by atoms with Crippen LogP contribution in [0.15, 0.2) is 36.5 Å². The van der Waals surface area contributed by atoms with Gasteiger partial charge in [-0.3, -0.25) is 10.1 Å². The molecule has 0 N–H and O–H groups in total. The second-order valence-corrected chi connectivity index (χ2v) is 7.80. The van der Waals surface area contributed by atoms with E-state index in [0.29, 0.717) is 4.68 Å². The Kier molecular flexibility index (Phi) is 6.68. The van der Waals surface area contributed by atoms with Crippen molar-refractivity contribution < 1.29 is 48.8 Å². The number of benzene rings is 2. The van der Waals surface area contributed by atoms with Gasteiger partial charge < -0.3 is 0 Å². The maximum Gasteiger partial charge on any atom is 0.457 e. The van der Waals surface area contributed by atoms with Crippen molar-refractivity contribution in [2.45, 2.75) is 23.9 Å². The summed E-state index contributed by atoms with van der Waals surface area (Å²) in [5.41, 5.74) is -10.4. The van der Waals surface area contributed by atoms with Gasteiger partial charge in [0.2, 0.25) is 5.82 Å². The molecular weight excluding hydrogens is 565 g/mol. The van der Waals surface area contributed by atoms with Gasteiger partial charge in [0, 0.05) is 17.2 Å². The molecule has 1 aromatic heterocycles. The Morgan fingerprint density at radius 2 is 1.44 bits per heavy atom. The van der Waals surface area contributed by atoms with Crippen molar-refractivity contribution in [3.63, 3.8) is 0 Å². The molecule has 36 heavy (non-hydrogen) atoms. The van der Waals surface area contributed by atoms with E-state index in [1.165, 1.54) is 0 Å². The van der Waals surface area contributed by atoms with Gasteiger partial charge >= 0.3 is 29.6 Å². The molecule has 0 bridgehead atoms. The summed E-state index contributed by atoms with van der Waals surface area (Å²) in [5, 5.41) is 15.9. The zero-order chi connectivity index (χ0) is 27.4. The molecule has 0 aliphatic heterocycles. The van der Waals surface area contributed by atoms with Gasteiger partial charge in [0.05, 0.1) is 21.2 Å². The minimum absolute atomic E-state index is 0.0807. The molecule has 0 radical (unpaired) electrons. The van der Waals surface area contributed by atoms with Crippen LogP contribution >= 0.6 is 23.2 Å². The van der Waals surface area contributed by atoms with E-state index in [0.717, 1.165) is 24.4 Å². The minimum atomic E-state index is -6.95. The lowest BCUT2D eigenvalue weighted by Gasteiger charge is -2.36. The SMILES string of the molecule is O=[N+]([O-])c1cc(-c2cn(-c3c(Cl)cc(C(F)(C(F)(F)F)C(F)(F)C(F)(F)F)cc3Cl)nn2)ccc1F. The van der Waals surface area contributed by atoms with Crippen LogP contribution in [0.1, 0.15) is 5.56 Å². The van der Waals surface area contributed by atoms with Gasteiger partial charge in [-0.05, 0) is 24.3 Å². The molecule has 0 fully saturated rings. The van der Waals surface area contributed by atoms with Crippen molar-refractivity contribution in [1.29, 1.82) is 0 Å². The first kappa shape index (κ1) is 27.4. The summed E-state index contributed by atoms with van der Waals surface area (Å²) in [7, 11) is 0. The van der Waals surface area contributed by atoms with Crippen LogP contribution in [-0.4, -0.2) is 38.2 Å². The molecule has 1 unspecified atom stereocenters. The second kappa shape index (κ2) is 8.76. The monoisotopic (exact) mass is 570 g/mol. The van der Waals surface area contributed by atoms with E-state index in [1.54, 1.807) is 0 Å². The van der Waals surface area contributed by atoms with Crippen LogP contribution in [0, 0.1) is 15.9 Å². The molecule has 1 atom stereocenters. The van der Waals surface area contributed by atoms with E-state index in [9.17, 15) is 54.0 Å². The summed E-state index contributed by atoms with van der Waals surface area (Å²) in [5.74, 6) is -8.13. The number of nitrogens with zero attached hydrogens (tertiary/aromatic N) is 4. The molecule has 1 heterocycles. The highest BCUT2D eigenvalue weighted by Crippen LogP contribution is 2.59. The van der Waals surface area contributed by atoms with Gasteiger partial charge in [-0.2, -0.15) is 39.5 Å². The fourth-order valence-electron chi connectivity index (χ4n) is 3.02. The molecule has 0 saturated carbocycles. The topological polar surface area (TPSA) is 73.8 Å². The number of hydrogen-bond donors (Lipinski definition) is 0. The summed E-state index contributed by atoms with van der Waals surface area (Å²) in [6.45, 7) is 0. The van der Waals surface area contributed by atoms with Crippen LogP contribution in [-0.2, 0) is 5.67 Å². The largest absolute Gasteiger partial charge is 0.457 e. The Bertz CT molecular complexity index is 1320. The molecule has 18 heteroatoms. The van der Waals surface area contributed by atoms with Crippen LogP contribution in [0.3, 0.4) is 0 Å². The molecule has 2 aromatic carbocycles. The molecule has 194 valence electrons. The van der Waals surface area contributed by atoms with Gasteiger partial charge in [-0.25, -0.2) is 9.07 Å². The summed E-state index contributed by atoms with van der Waals surface area (Å²) < 4.78 is 134. The molecule has 0 spiro atoms. The first-order valence-electron chi connectivity index (χ1n) is 8.89. The van der Waals surface area contributed by atoms with Gasteiger partial charge in [0.25, 0.3) is 0 Å². The lowest BCUT2D eigenvalue weighted by atomic mass is 9.87. The van der Waals surface area contributed by atoms with Crippen LogP contribution in [0.5, 0.6) is 0 Å². The molecule has 3 rings (SSSR count). The Morgan fingerprint density at radius 3 is 1.92 bits per heavy atom. The Balaban J connectivity index is 2.14. The fraction of sp³-hybridized carbons (Fsp3) is 0.222. The molecule has 3 aromatic rings. The summed E-state index contributed by atoms with van der Waals surface area (Å²) in [4.78, 5) is 9.85. The number of aromatic nitrogens is 3. The molecule has 0 aliphatic rings. The van der Waals surface area contributed by atoms with Gasteiger partial charge in [-0.15, -0.1) is 5.10 Å². The number of nitro groups is 1. The van der Waals surface area contributed by atoms with Gasteiger partial charge in [-0.1, -0.05) is 28.4 Å². The quantitative estimate of drug-likeness (QED) is 0.184. The van der Waals surface area contributed by atoms with E-state index in [4.69, 9.17) is 23.2 Å². The number of rotatable bonds is 5. The average molecular weight is 571 g/mol. The highest BCUT2D eigenvalue weighted by molar-refractivity contribution is 6.37. The third kappa shape index (κ3) is 4.31. The van der Waals surface area contributed by atoms with Gasteiger partial charge in [0.15, 0.2) is 0 Å². The summed E-state index contributed by atoms with van der Waals surface area (Å²) in [6, 6.07) is 2.25. The van der Waals surface area contributed by atoms with Crippen molar-refractivity contribution in [2.75, 3.05) is 0 Å². The Hall–Kier alpha value is -3.14. The first-order valence-corrected chi connectivity index (χ1v) is 9.65.